The average Bonchev–Trinajstić information content (AvgIpc) is 3.02. The van der Waals surface area contributed by atoms with E-state index in [0.29, 0.717) is 23.8 Å². The molecule has 0 spiro atoms. The lowest BCUT2D eigenvalue weighted by Gasteiger charge is -2.62. The van der Waals surface area contributed by atoms with Gasteiger partial charge in [-0.25, -0.2) is 4.79 Å². The monoisotopic (exact) mass is 466 g/mol. The second-order valence-electron chi connectivity index (χ2n) is 11.9. The maximum absolute atomic E-state index is 13.4. The molecule has 0 aromatic rings. The lowest BCUT2D eigenvalue weighted by atomic mass is 9.43. The fourth-order valence-electron chi connectivity index (χ4n) is 7.47. The van der Waals surface area contributed by atoms with Crippen molar-refractivity contribution < 1.29 is 19.8 Å². The Balaban J connectivity index is 1.85. The van der Waals surface area contributed by atoms with Crippen molar-refractivity contribution in [3.8, 4) is 0 Å². The van der Waals surface area contributed by atoms with Gasteiger partial charge in [-0.3, -0.25) is 4.79 Å². The average molecular weight is 467 g/mol. The Morgan fingerprint density at radius 3 is 2.24 bits per heavy atom. The first-order chi connectivity index (χ1) is 15.7. The highest BCUT2D eigenvalue weighted by atomic mass is 16.4. The molecule has 3 saturated carbocycles. The van der Waals surface area contributed by atoms with Gasteiger partial charge in [0.1, 0.15) is 0 Å². The van der Waals surface area contributed by atoms with Crippen LogP contribution in [0.3, 0.4) is 0 Å². The Labute approximate surface area is 205 Å². The number of aliphatic hydroxyl groups excluding tert-OH is 1. The van der Waals surface area contributed by atoms with Crippen LogP contribution in [0.15, 0.2) is 58.7 Å². The van der Waals surface area contributed by atoms with Crippen LogP contribution in [0.1, 0.15) is 80.6 Å². The summed E-state index contributed by atoms with van der Waals surface area (Å²) in [5, 5.41) is 19.6. The molecule has 0 heterocycles. The van der Waals surface area contributed by atoms with E-state index in [1.54, 1.807) is 19.1 Å². The third-order valence-electron chi connectivity index (χ3n) is 9.41. The van der Waals surface area contributed by atoms with Crippen LogP contribution in [-0.4, -0.2) is 28.1 Å². The first kappa shape index (κ1) is 26.4. The van der Waals surface area contributed by atoms with Gasteiger partial charge in [0.15, 0.2) is 5.78 Å². The van der Waals surface area contributed by atoms with Crippen molar-refractivity contribution in [2.24, 2.45) is 28.1 Å². The van der Waals surface area contributed by atoms with Gasteiger partial charge in [0.05, 0.1) is 6.10 Å². The van der Waals surface area contributed by atoms with Gasteiger partial charge in [0, 0.05) is 23.0 Å². The van der Waals surface area contributed by atoms with Crippen molar-refractivity contribution in [3.63, 3.8) is 0 Å². The number of carbonyl (C=O) groups excluding carboxylic acids is 1. The van der Waals surface area contributed by atoms with E-state index in [-0.39, 0.29) is 28.1 Å². The minimum Gasteiger partial charge on any atom is -0.478 e. The number of carboxylic acids is 1. The maximum Gasteiger partial charge on any atom is 0.331 e. The van der Waals surface area contributed by atoms with Gasteiger partial charge in [-0.15, -0.1) is 0 Å². The number of Topliss-reactive ketones (excluding diaryl/α,β-unsaturated/α-hetero) is 1. The number of carbonyl (C=O) groups is 2. The second kappa shape index (κ2) is 9.45. The van der Waals surface area contributed by atoms with Gasteiger partial charge in [0.2, 0.25) is 0 Å². The van der Waals surface area contributed by atoms with Crippen molar-refractivity contribution in [1.82, 2.24) is 0 Å². The van der Waals surface area contributed by atoms with Crippen molar-refractivity contribution >= 4 is 11.8 Å². The molecule has 5 atom stereocenters. The summed E-state index contributed by atoms with van der Waals surface area (Å²) in [6.07, 6.45) is 15.4. The minimum atomic E-state index is -0.919. The Bertz CT molecular complexity index is 1000. The molecule has 0 amide bonds. The molecule has 0 bridgehead atoms. The van der Waals surface area contributed by atoms with E-state index in [1.165, 1.54) is 0 Å². The molecular formula is C30H42O4. The van der Waals surface area contributed by atoms with Crippen molar-refractivity contribution in [2.75, 3.05) is 0 Å². The molecule has 0 aromatic carbocycles. The van der Waals surface area contributed by atoms with Gasteiger partial charge in [-0.1, -0.05) is 69.7 Å². The Hall–Kier alpha value is -2.20. The fraction of sp³-hybridized carbons (Fsp3) is 0.600. The summed E-state index contributed by atoms with van der Waals surface area (Å²) in [5.74, 6) is 0.120. The van der Waals surface area contributed by atoms with E-state index in [4.69, 9.17) is 5.11 Å². The van der Waals surface area contributed by atoms with E-state index in [1.807, 2.05) is 31.2 Å². The zero-order valence-corrected chi connectivity index (χ0v) is 21.9. The van der Waals surface area contributed by atoms with Gasteiger partial charge < -0.3 is 10.2 Å². The largest absolute Gasteiger partial charge is 0.478 e. The number of aliphatic carboxylic acids is 1. The van der Waals surface area contributed by atoms with Crippen molar-refractivity contribution in [3.05, 3.63) is 58.7 Å². The zero-order chi connectivity index (χ0) is 25.5. The Morgan fingerprint density at radius 2 is 1.59 bits per heavy atom. The number of rotatable bonds is 5. The molecule has 3 rings (SSSR count). The van der Waals surface area contributed by atoms with E-state index < -0.39 is 5.97 Å². The lowest BCUT2D eigenvalue weighted by molar-refractivity contribution is -0.157. The molecule has 0 saturated heterocycles. The molecule has 3 aliphatic carbocycles. The lowest BCUT2D eigenvalue weighted by Crippen LogP contribution is -2.57. The van der Waals surface area contributed by atoms with Crippen LogP contribution in [0.25, 0.3) is 0 Å². The summed E-state index contributed by atoms with van der Waals surface area (Å²) in [6, 6.07) is 0. The van der Waals surface area contributed by atoms with E-state index in [9.17, 15) is 14.7 Å². The summed E-state index contributed by atoms with van der Waals surface area (Å²) in [4.78, 5) is 24.2. The molecule has 0 radical (unpaired) electrons. The molecule has 3 aliphatic rings. The third-order valence-corrected chi connectivity index (χ3v) is 9.41. The number of aliphatic hydroxyl groups is 1. The second-order valence-corrected chi connectivity index (χ2v) is 11.9. The highest BCUT2D eigenvalue weighted by Gasteiger charge is 2.64. The smallest absolute Gasteiger partial charge is 0.331 e. The zero-order valence-electron chi connectivity index (χ0n) is 21.9. The maximum atomic E-state index is 13.4. The first-order valence-corrected chi connectivity index (χ1v) is 12.6. The molecule has 186 valence electrons. The highest BCUT2D eigenvalue weighted by molar-refractivity contribution is 6.00. The number of hydrogen-bond acceptors (Lipinski definition) is 3. The van der Waals surface area contributed by atoms with E-state index >= 15 is 0 Å². The molecule has 0 aliphatic heterocycles. The molecule has 0 aromatic heterocycles. The van der Waals surface area contributed by atoms with Crippen LogP contribution in [0, 0.1) is 28.1 Å². The molecule has 3 fully saturated rings. The summed E-state index contributed by atoms with van der Waals surface area (Å²) in [5.41, 5.74) is 3.17. The van der Waals surface area contributed by atoms with E-state index in [0.717, 1.165) is 42.4 Å². The summed E-state index contributed by atoms with van der Waals surface area (Å²) < 4.78 is 0. The number of ketones is 1. The first-order valence-electron chi connectivity index (χ1n) is 12.6. The Morgan fingerprint density at radius 1 is 0.941 bits per heavy atom. The third kappa shape index (κ3) is 4.54. The SMILES string of the molecule is CC(C=CC=C(C)C(=O)O)=CC=CC(C)=C1C(=O)CC2C1(C)CCC1C(C)(C)C(O)CCC21C. The highest BCUT2D eigenvalue weighted by Crippen LogP contribution is 2.69. The molecule has 4 heteroatoms. The van der Waals surface area contributed by atoms with Crippen molar-refractivity contribution in [1.29, 1.82) is 0 Å². The molecule has 34 heavy (non-hydrogen) atoms. The van der Waals surface area contributed by atoms with Gasteiger partial charge in [-0.2, -0.15) is 0 Å². The van der Waals surface area contributed by atoms with Crippen LogP contribution in [0.4, 0.5) is 0 Å². The molecular weight excluding hydrogens is 424 g/mol. The number of allylic oxidation sites excluding steroid dienone is 9. The summed E-state index contributed by atoms with van der Waals surface area (Å²) in [7, 11) is 0. The standard InChI is InChI=1S/C30H42O4/c1-19(11-9-13-21(3)27(33)34)10-8-12-20(2)26-22(31)18-24-29(6)17-15-25(32)28(4,5)23(29)14-16-30(24,26)7/h8-13,23-25,32H,14-18H2,1-7H3,(H,33,34). The van der Waals surface area contributed by atoms with Crippen LogP contribution < -0.4 is 0 Å². The van der Waals surface area contributed by atoms with Gasteiger partial charge in [0.25, 0.3) is 0 Å². The quantitative estimate of drug-likeness (QED) is 0.354. The van der Waals surface area contributed by atoms with Crippen LogP contribution in [0.5, 0.6) is 0 Å². The predicted molar refractivity (Wildman–Crippen MR) is 137 cm³/mol. The van der Waals surface area contributed by atoms with Gasteiger partial charge in [-0.05, 0) is 74.7 Å². The summed E-state index contributed by atoms with van der Waals surface area (Å²) in [6.45, 7) is 14.7. The summed E-state index contributed by atoms with van der Waals surface area (Å²) >= 11 is 0. The topological polar surface area (TPSA) is 74.6 Å². The minimum absolute atomic E-state index is 0.0695. The molecule has 5 unspecified atom stereocenters. The predicted octanol–water partition coefficient (Wildman–Crippen LogP) is 6.59. The van der Waals surface area contributed by atoms with Crippen LogP contribution in [0.2, 0.25) is 0 Å². The number of hydrogen-bond donors (Lipinski definition) is 2. The van der Waals surface area contributed by atoms with E-state index in [2.05, 4.69) is 34.6 Å². The number of fused-ring (bicyclic) bond motifs is 3. The van der Waals surface area contributed by atoms with Gasteiger partial charge >= 0.3 is 5.97 Å². The molecule has 4 nitrogen and oxygen atoms in total. The fourth-order valence-corrected chi connectivity index (χ4v) is 7.47. The van der Waals surface area contributed by atoms with Crippen molar-refractivity contribution in [2.45, 2.75) is 86.7 Å². The molecule has 2 N–H and O–H groups in total. The van der Waals surface area contributed by atoms with Crippen LogP contribution in [-0.2, 0) is 9.59 Å². The Kier molecular flexibility index (Phi) is 7.34. The number of carboxylic acid groups (broad SMARTS) is 1. The van der Waals surface area contributed by atoms with Crippen LogP contribution >= 0.6 is 0 Å². The normalized spacial score (nSPS) is 37.8.